The molecule has 1 amide bonds. The number of carbonyl (C=O) groups excluding carboxylic acids is 1. The van der Waals surface area contributed by atoms with Crippen molar-refractivity contribution >= 4 is 25.6 Å². The van der Waals surface area contributed by atoms with Crippen molar-refractivity contribution in [1.82, 2.24) is 5.32 Å². The fourth-order valence-corrected chi connectivity index (χ4v) is 3.10. The van der Waals surface area contributed by atoms with Crippen molar-refractivity contribution < 1.29 is 17.6 Å². The van der Waals surface area contributed by atoms with E-state index >= 15 is 0 Å². The van der Waals surface area contributed by atoms with Gasteiger partial charge >= 0.3 is 0 Å². The summed E-state index contributed by atoms with van der Waals surface area (Å²) in [6.07, 6.45) is 2.10. The summed E-state index contributed by atoms with van der Waals surface area (Å²) in [6, 6.07) is 2.86. The molecule has 7 heteroatoms. The number of halogens is 2. The molecule has 0 aromatic heterocycles. The van der Waals surface area contributed by atoms with Crippen LogP contribution in [0.2, 0.25) is 0 Å². The Morgan fingerprint density at radius 1 is 1.38 bits per heavy atom. The molecule has 0 heterocycles. The van der Waals surface area contributed by atoms with Gasteiger partial charge in [0.1, 0.15) is 5.82 Å². The average molecular weight is 334 g/mol. The summed E-state index contributed by atoms with van der Waals surface area (Å²) in [5, 5.41) is 2.75. The van der Waals surface area contributed by atoms with E-state index in [9.17, 15) is 17.6 Å². The Balaban J connectivity index is 2.15. The van der Waals surface area contributed by atoms with Gasteiger partial charge in [-0.15, -0.1) is 0 Å². The number of nitrogens with one attached hydrogen (secondary N) is 1. The fraction of sp³-hybridized carbons (Fsp3) is 0.500. The molecule has 0 aliphatic heterocycles. The number of carbonyl (C=O) groups is 1. The first-order valence-electron chi connectivity index (χ1n) is 6.67. The molecule has 2 rings (SSSR count). The van der Waals surface area contributed by atoms with Crippen LogP contribution in [0.15, 0.2) is 23.1 Å². The van der Waals surface area contributed by atoms with Crippen LogP contribution >= 0.6 is 10.7 Å². The van der Waals surface area contributed by atoms with Crippen molar-refractivity contribution in [3.05, 3.63) is 29.6 Å². The quantitative estimate of drug-likeness (QED) is 0.843. The summed E-state index contributed by atoms with van der Waals surface area (Å²) in [5.41, 5.74) is 0.0680. The summed E-state index contributed by atoms with van der Waals surface area (Å²) in [4.78, 5) is 11.6. The van der Waals surface area contributed by atoms with Gasteiger partial charge in [-0.3, -0.25) is 4.79 Å². The summed E-state index contributed by atoms with van der Waals surface area (Å²) in [5.74, 6) is -0.862. The molecule has 4 nitrogen and oxygen atoms in total. The number of hydrogen-bond acceptors (Lipinski definition) is 3. The van der Waals surface area contributed by atoms with Crippen LogP contribution in [-0.4, -0.2) is 20.9 Å². The lowest BCUT2D eigenvalue weighted by Crippen LogP contribution is -2.32. The van der Waals surface area contributed by atoms with Gasteiger partial charge in [0.05, 0.1) is 4.90 Å². The fourth-order valence-electron chi connectivity index (χ4n) is 2.31. The van der Waals surface area contributed by atoms with Crippen LogP contribution in [0.4, 0.5) is 4.39 Å². The van der Waals surface area contributed by atoms with Gasteiger partial charge in [0.2, 0.25) is 0 Å². The average Bonchev–Trinajstić information content (AvgIpc) is 3.15. The predicted molar refractivity (Wildman–Crippen MR) is 78.3 cm³/mol. The third kappa shape index (κ3) is 3.74. The van der Waals surface area contributed by atoms with E-state index in [0.717, 1.165) is 31.0 Å². The van der Waals surface area contributed by atoms with Crippen molar-refractivity contribution in [3.63, 3.8) is 0 Å². The molecular weight excluding hydrogens is 317 g/mol. The zero-order valence-electron chi connectivity index (χ0n) is 11.8. The van der Waals surface area contributed by atoms with Crippen molar-refractivity contribution in [2.75, 3.05) is 6.54 Å². The Kier molecular flexibility index (Phi) is 4.31. The Morgan fingerprint density at radius 3 is 2.48 bits per heavy atom. The summed E-state index contributed by atoms with van der Waals surface area (Å²) < 4.78 is 35.9. The molecule has 1 N–H and O–H groups in total. The van der Waals surface area contributed by atoms with Crippen LogP contribution in [0.25, 0.3) is 0 Å². The van der Waals surface area contributed by atoms with E-state index in [4.69, 9.17) is 10.7 Å². The lowest BCUT2D eigenvalue weighted by Gasteiger charge is -2.20. The van der Waals surface area contributed by atoms with E-state index in [1.165, 1.54) is 0 Å². The minimum absolute atomic E-state index is 0.0474. The van der Waals surface area contributed by atoms with Crippen molar-refractivity contribution in [3.8, 4) is 0 Å². The van der Waals surface area contributed by atoms with Crippen LogP contribution in [0.1, 0.15) is 37.0 Å². The molecule has 0 radical (unpaired) electrons. The monoisotopic (exact) mass is 333 g/mol. The molecule has 1 fully saturated rings. The van der Waals surface area contributed by atoms with Crippen LogP contribution in [0, 0.1) is 17.2 Å². The number of amides is 1. The van der Waals surface area contributed by atoms with E-state index in [0.29, 0.717) is 12.5 Å². The third-order valence-corrected chi connectivity index (χ3v) is 5.47. The second kappa shape index (κ2) is 5.57. The molecule has 0 bridgehead atoms. The zero-order chi connectivity index (χ0) is 15.8. The molecule has 116 valence electrons. The van der Waals surface area contributed by atoms with Crippen LogP contribution < -0.4 is 5.32 Å². The highest BCUT2D eigenvalue weighted by Gasteiger charge is 2.45. The predicted octanol–water partition coefficient (Wildman–Crippen LogP) is 2.92. The molecule has 0 saturated heterocycles. The molecule has 1 aliphatic rings. The summed E-state index contributed by atoms with van der Waals surface area (Å²) >= 11 is 0. The second-order valence-electron chi connectivity index (χ2n) is 5.81. The van der Waals surface area contributed by atoms with E-state index < -0.39 is 25.7 Å². The molecule has 1 aromatic carbocycles. The Morgan fingerprint density at radius 2 is 2.00 bits per heavy atom. The maximum Gasteiger partial charge on any atom is 0.261 e. The molecule has 0 unspecified atom stereocenters. The normalized spacial score (nSPS) is 16.8. The van der Waals surface area contributed by atoms with Gasteiger partial charge in [0.15, 0.2) is 0 Å². The van der Waals surface area contributed by atoms with E-state index in [1.807, 2.05) is 0 Å². The van der Waals surface area contributed by atoms with Crippen LogP contribution in [0.5, 0.6) is 0 Å². The Bertz CT molecular complexity index is 669. The van der Waals surface area contributed by atoms with Crippen molar-refractivity contribution in [1.29, 1.82) is 0 Å². The number of rotatable bonds is 5. The minimum Gasteiger partial charge on any atom is -0.351 e. The lowest BCUT2D eigenvalue weighted by atomic mass is 9.92. The lowest BCUT2D eigenvalue weighted by molar-refractivity contribution is 0.0939. The van der Waals surface area contributed by atoms with Gasteiger partial charge < -0.3 is 5.32 Å². The number of benzene rings is 1. The van der Waals surface area contributed by atoms with Gasteiger partial charge in [-0.2, -0.15) is 0 Å². The molecule has 1 saturated carbocycles. The Hall–Kier alpha value is -1.14. The van der Waals surface area contributed by atoms with E-state index in [-0.39, 0.29) is 11.0 Å². The highest BCUT2D eigenvalue weighted by atomic mass is 35.7. The minimum atomic E-state index is -4.07. The standard InChI is InChI=1S/C14H17ClFNO3S/c1-9(2)14(3-4-14)8-17-13(18)10-5-11(16)7-12(6-10)21(15,19)20/h5-7,9H,3-4,8H2,1-2H3,(H,17,18). The molecule has 21 heavy (non-hydrogen) atoms. The van der Waals surface area contributed by atoms with E-state index in [2.05, 4.69) is 19.2 Å². The second-order valence-corrected chi connectivity index (χ2v) is 8.38. The van der Waals surface area contributed by atoms with Gasteiger partial charge in [0, 0.05) is 22.8 Å². The van der Waals surface area contributed by atoms with Gasteiger partial charge in [-0.1, -0.05) is 13.8 Å². The third-order valence-electron chi connectivity index (χ3n) is 4.13. The smallest absolute Gasteiger partial charge is 0.261 e. The summed E-state index contributed by atoms with van der Waals surface area (Å²) in [7, 11) is 1.11. The molecule has 1 aliphatic carbocycles. The number of hydrogen-bond donors (Lipinski definition) is 1. The maximum atomic E-state index is 13.4. The molecular formula is C14H17ClFNO3S. The van der Waals surface area contributed by atoms with Gasteiger partial charge in [-0.05, 0) is 42.4 Å². The SMILES string of the molecule is CC(C)C1(CNC(=O)c2cc(F)cc(S(=O)(=O)Cl)c2)CC1. The molecule has 0 spiro atoms. The first kappa shape index (κ1) is 16.2. The molecule has 0 atom stereocenters. The van der Waals surface area contributed by atoms with Gasteiger partial charge in [-0.25, -0.2) is 12.8 Å². The highest BCUT2D eigenvalue weighted by Crippen LogP contribution is 2.51. The van der Waals surface area contributed by atoms with Gasteiger partial charge in [0.25, 0.3) is 15.0 Å². The highest BCUT2D eigenvalue weighted by molar-refractivity contribution is 8.13. The topological polar surface area (TPSA) is 63.2 Å². The maximum absolute atomic E-state index is 13.4. The first-order chi connectivity index (χ1) is 9.64. The molecule has 1 aromatic rings. The summed E-state index contributed by atoms with van der Waals surface area (Å²) in [6.45, 7) is 4.70. The van der Waals surface area contributed by atoms with Crippen molar-refractivity contribution in [2.24, 2.45) is 11.3 Å². The first-order valence-corrected chi connectivity index (χ1v) is 8.98. The van der Waals surface area contributed by atoms with Crippen LogP contribution in [-0.2, 0) is 9.05 Å². The van der Waals surface area contributed by atoms with E-state index in [1.54, 1.807) is 0 Å². The zero-order valence-corrected chi connectivity index (χ0v) is 13.4. The Labute approximate surface area is 128 Å². The van der Waals surface area contributed by atoms with Crippen molar-refractivity contribution in [2.45, 2.75) is 31.6 Å². The van der Waals surface area contributed by atoms with Crippen LogP contribution in [0.3, 0.4) is 0 Å². The largest absolute Gasteiger partial charge is 0.351 e.